The van der Waals surface area contributed by atoms with E-state index in [-0.39, 0.29) is 10.9 Å². The van der Waals surface area contributed by atoms with Crippen molar-refractivity contribution in [1.29, 1.82) is 0 Å². The maximum Gasteiger partial charge on any atom is 0.246 e. The van der Waals surface area contributed by atoms with Crippen molar-refractivity contribution in [2.75, 3.05) is 18.4 Å². The predicted octanol–water partition coefficient (Wildman–Crippen LogP) is 2.25. The summed E-state index contributed by atoms with van der Waals surface area (Å²) in [6, 6.07) is 0.0987. The van der Waals surface area contributed by atoms with E-state index in [2.05, 4.69) is 15.3 Å². The van der Waals surface area contributed by atoms with Gasteiger partial charge in [0, 0.05) is 19.1 Å². The molecule has 0 aromatic carbocycles. The van der Waals surface area contributed by atoms with Crippen molar-refractivity contribution >= 4 is 16.0 Å². The van der Waals surface area contributed by atoms with Gasteiger partial charge in [-0.05, 0) is 25.7 Å². The summed E-state index contributed by atoms with van der Waals surface area (Å²) in [5.41, 5.74) is 0. The van der Waals surface area contributed by atoms with Crippen molar-refractivity contribution in [3.8, 4) is 0 Å². The third kappa shape index (κ3) is 3.71. The van der Waals surface area contributed by atoms with Crippen LogP contribution in [-0.4, -0.2) is 41.8 Å². The molecule has 1 atom stereocenters. The maximum atomic E-state index is 12.7. The molecular formula is C14H24N4O2S. The number of hydrogen-bond donors (Lipinski definition) is 1. The lowest BCUT2D eigenvalue weighted by Gasteiger charge is -2.33. The average Bonchev–Trinajstić information content (AvgIpc) is 2.53. The van der Waals surface area contributed by atoms with Crippen LogP contribution in [0, 0.1) is 0 Å². The highest BCUT2D eigenvalue weighted by atomic mass is 32.2. The number of aromatic nitrogens is 2. The molecule has 118 valence electrons. The molecule has 1 N–H and O–H groups in total. The molecule has 1 aromatic heterocycles. The van der Waals surface area contributed by atoms with E-state index >= 15 is 0 Å². The Morgan fingerprint density at radius 3 is 2.62 bits per heavy atom. The molecule has 0 spiro atoms. The number of anilines is 1. The van der Waals surface area contributed by atoms with Crippen LogP contribution >= 0.6 is 0 Å². The Kier molecular flexibility index (Phi) is 5.52. The smallest absolute Gasteiger partial charge is 0.246 e. The largest absolute Gasteiger partial charge is 0.354 e. The Labute approximate surface area is 127 Å². The summed E-state index contributed by atoms with van der Waals surface area (Å²) in [6.45, 7) is 5.45. The molecule has 7 heteroatoms. The summed E-state index contributed by atoms with van der Waals surface area (Å²) in [4.78, 5) is 8.39. The van der Waals surface area contributed by atoms with Crippen LogP contribution in [0.4, 0.5) is 5.95 Å². The first-order valence-electron chi connectivity index (χ1n) is 7.67. The number of hydrogen-bond acceptors (Lipinski definition) is 5. The second-order valence-corrected chi connectivity index (χ2v) is 7.23. The fraction of sp³-hybridized carbons (Fsp3) is 0.714. The topological polar surface area (TPSA) is 75.2 Å². The standard InChI is InChI=1S/C14H24N4O2S/c1-3-8-15-14-16-10-13(11-17-14)21(19,20)18-9-6-5-7-12(18)4-2/h10-12H,3-9H2,1-2H3,(H,15,16,17). The summed E-state index contributed by atoms with van der Waals surface area (Å²) in [5.74, 6) is 0.474. The van der Waals surface area contributed by atoms with Crippen molar-refractivity contribution in [2.45, 2.75) is 56.9 Å². The van der Waals surface area contributed by atoms with Crippen molar-refractivity contribution in [3.63, 3.8) is 0 Å². The van der Waals surface area contributed by atoms with E-state index in [1.165, 1.54) is 12.4 Å². The summed E-state index contributed by atoms with van der Waals surface area (Å²) in [6.07, 6.45) is 7.58. The molecule has 2 heterocycles. The van der Waals surface area contributed by atoms with Gasteiger partial charge in [-0.3, -0.25) is 0 Å². The first-order valence-corrected chi connectivity index (χ1v) is 9.11. The highest BCUT2D eigenvalue weighted by molar-refractivity contribution is 7.89. The normalized spacial score (nSPS) is 20.4. The zero-order valence-electron chi connectivity index (χ0n) is 12.7. The maximum absolute atomic E-state index is 12.7. The molecule has 1 saturated heterocycles. The lowest BCUT2D eigenvalue weighted by atomic mass is 10.0. The second-order valence-electron chi connectivity index (χ2n) is 5.34. The summed E-state index contributed by atoms with van der Waals surface area (Å²) < 4.78 is 27.0. The van der Waals surface area contributed by atoms with Gasteiger partial charge in [-0.2, -0.15) is 4.31 Å². The minimum atomic E-state index is -3.48. The minimum Gasteiger partial charge on any atom is -0.354 e. The van der Waals surface area contributed by atoms with Gasteiger partial charge in [-0.1, -0.05) is 20.3 Å². The number of nitrogens with zero attached hydrogens (tertiary/aromatic N) is 3. The molecule has 1 aromatic rings. The van der Waals surface area contributed by atoms with Crippen LogP contribution in [0.5, 0.6) is 0 Å². The molecule has 1 unspecified atom stereocenters. The third-order valence-electron chi connectivity index (χ3n) is 3.81. The van der Waals surface area contributed by atoms with Crippen molar-refractivity contribution in [2.24, 2.45) is 0 Å². The first-order chi connectivity index (χ1) is 10.1. The zero-order chi connectivity index (χ0) is 15.3. The van der Waals surface area contributed by atoms with Crippen LogP contribution in [0.2, 0.25) is 0 Å². The average molecular weight is 312 g/mol. The van der Waals surface area contributed by atoms with Gasteiger partial charge in [-0.15, -0.1) is 0 Å². The molecule has 0 aliphatic carbocycles. The van der Waals surface area contributed by atoms with Crippen molar-refractivity contribution < 1.29 is 8.42 Å². The lowest BCUT2D eigenvalue weighted by Crippen LogP contribution is -2.43. The highest BCUT2D eigenvalue weighted by Crippen LogP contribution is 2.26. The second kappa shape index (κ2) is 7.17. The molecule has 1 aliphatic rings. The zero-order valence-corrected chi connectivity index (χ0v) is 13.6. The highest BCUT2D eigenvalue weighted by Gasteiger charge is 2.32. The summed E-state index contributed by atoms with van der Waals surface area (Å²) in [5, 5.41) is 3.04. The molecule has 0 bridgehead atoms. The quantitative estimate of drug-likeness (QED) is 0.872. The van der Waals surface area contributed by atoms with Crippen LogP contribution in [0.3, 0.4) is 0 Å². The molecule has 0 saturated carbocycles. The molecule has 2 rings (SSSR count). The fourth-order valence-corrected chi connectivity index (χ4v) is 4.27. The van der Waals surface area contributed by atoms with Crippen LogP contribution in [0.15, 0.2) is 17.3 Å². The Morgan fingerprint density at radius 2 is 2.00 bits per heavy atom. The van der Waals surface area contributed by atoms with E-state index in [1.807, 2.05) is 13.8 Å². The Morgan fingerprint density at radius 1 is 1.29 bits per heavy atom. The predicted molar refractivity (Wildman–Crippen MR) is 82.6 cm³/mol. The van der Waals surface area contributed by atoms with Crippen LogP contribution in [0.1, 0.15) is 46.0 Å². The molecule has 6 nitrogen and oxygen atoms in total. The first kappa shape index (κ1) is 16.2. The Balaban J connectivity index is 2.18. The van der Waals surface area contributed by atoms with Gasteiger partial charge in [0.2, 0.25) is 16.0 Å². The number of nitrogens with one attached hydrogen (secondary N) is 1. The van der Waals surface area contributed by atoms with Crippen LogP contribution in [-0.2, 0) is 10.0 Å². The summed E-state index contributed by atoms with van der Waals surface area (Å²) >= 11 is 0. The van der Waals surface area contributed by atoms with Crippen molar-refractivity contribution in [3.05, 3.63) is 12.4 Å². The number of sulfonamides is 1. The van der Waals surface area contributed by atoms with Gasteiger partial charge in [0.25, 0.3) is 0 Å². The van der Waals surface area contributed by atoms with E-state index in [0.29, 0.717) is 12.5 Å². The monoisotopic (exact) mass is 312 g/mol. The lowest BCUT2D eigenvalue weighted by molar-refractivity contribution is 0.246. The molecule has 21 heavy (non-hydrogen) atoms. The summed E-state index contributed by atoms with van der Waals surface area (Å²) in [7, 11) is -3.48. The van der Waals surface area contributed by atoms with E-state index < -0.39 is 10.0 Å². The Bertz CT molecular complexity index is 545. The number of piperidine rings is 1. The van der Waals surface area contributed by atoms with Gasteiger partial charge in [0.15, 0.2) is 0 Å². The SMILES string of the molecule is CCCNc1ncc(S(=O)(=O)N2CCCCC2CC)cn1. The van der Waals surface area contributed by atoms with Gasteiger partial charge in [0.05, 0.1) is 12.4 Å². The van der Waals surface area contributed by atoms with E-state index in [1.54, 1.807) is 4.31 Å². The number of rotatable bonds is 6. The molecule has 1 fully saturated rings. The van der Waals surface area contributed by atoms with Gasteiger partial charge >= 0.3 is 0 Å². The molecule has 0 radical (unpaired) electrons. The third-order valence-corrected chi connectivity index (χ3v) is 5.72. The molecule has 1 aliphatic heterocycles. The van der Waals surface area contributed by atoms with Gasteiger partial charge in [0.1, 0.15) is 4.90 Å². The van der Waals surface area contributed by atoms with Crippen molar-refractivity contribution in [1.82, 2.24) is 14.3 Å². The molecular weight excluding hydrogens is 288 g/mol. The van der Waals surface area contributed by atoms with E-state index in [0.717, 1.165) is 38.6 Å². The van der Waals surface area contributed by atoms with Crippen LogP contribution < -0.4 is 5.32 Å². The fourth-order valence-electron chi connectivity index (χ4n) is 2.61. The van der Waals surface area contributed by atoms with E-state index in [9.17, 15) is 8.42 Å². The molecule has 0 amide bonds. The van der Waals surface area contributed by atoms with Gasteiger partial charge < -0.3 is 5.32 Å². The Hall–Kier alpha value is -1.21. The minimum absolute atomic E-state index is 0.0987. The van der Waals surface area contributed by atoms with E-state index in [4.69, 9.17) is 0 Å². The van der Waals surface area contributed by atoms with Gasteiger partial charge in [-0.25, -0.2) is 18.4 Å². The van der Waals surface area contributed by atoms with Crippen LogP contribution in [0.25, 0.3) is 0 Å².